The summed E-state index contributed by atoms with van der Waals surface area (Å²) >= 11 is 1.55. The number of carbonyl (C=O) groups excluding carboxylic acids is 1. The molecule has 1 aliphatic heterocycles. The minimum Gasteiger partial charge on any atom is -0.345 e. The van der Waals surface area contributed by atoms with Gasteiger partial charge in [-0.05, 0) is 36.4 Å². The van der Waals surface area contributed by atoms with Gasteiger partial charge in [0.1, 0.15) is 5.82 Å². The van der Waals surface area contributed by atoms with Gasteiger partial charge in [0.05, 0.1) is 5.69 Å². The Morgan fingerprint density at radius 3 is 2.59 bits per heavy atom. The van der Waals surface area contributed by atoms with Gasteiger partial charge >= 0.3 is 6.03 Å². The van der Waals surface area contributed by atoms with Gasteiger partial charge in [-0.1, -0.05) is 0 Å². The van der Waals surface area contributed by atoms with Gasteiger partial charge in [0, 0.05) is 43.3 Å². The van der Waals surface area contributed by atoms with Crippen LogP contribution in [0.15, 0.2) is 48.0 Å². The normalized spacial score (nSPS) is 14.3. The van der Waals surface area contributed by atoms with Crippen LogP contribution in [0.3, 0.4) is 0 Å². The zero-order valence-electron chi connectivity index (χ0n) is 14.4. The Bertz CT molecular complexity index is 909. The molecule has 0 unspecified atom stereocenters. The van der Waals surface area contributed by atoms with Crippen molar-refractivity contribution >= 4 is 28.3 Å². The van der Waals surface area contributed by atoms with Crippen molar-refractivity contribution in [1.29, 1.82) is 0 Å². The van der Waals surface area contributed by atoms with E-state index in [1.165, 1.54) is 12.1 Å². The minimum atomic E-state index is -0.259. The van der Waals surface area contributed by atoms with Crippen LogP contribution in [0.5, 0.6) is 0 Å². The first-order valence-electron chi connectivity index (χ1n) is 8.49. The summed E-state index contributed by atoms with van der Waals surface area (Å²) in [5.41, 5.74) is 1.72. The molecular weight excluding hydrogens is 367 g/mol. The number of urea groups is 1. The van der Waals surface area contributed by atoms with Gasteiger partial charge in [-0.3, -0.25) is 5.32 Å². The molecular formula is C18H17FN6OS. The van der Waals surface area contributed by atoms with Gasteiger partial charge in [0.25, 0.3) is 0 Å². The van der Waals surface area contributed by atoms with E-state index in [1.807, 2.05) is 5.38 Å². The van der Waals surface area contributed by atoms with E-state index in [9.17, 15) is 9.18 Å². The highest BCUT2D eigenvalue weighted by atomic mass is 32.1. The van der Waals surface area contributed by atoms with Crippen LogP contribution in [-0.2, 0) is 0 Å². The maximum atomic E-state index is 13.1. The molecule has 2 amide bonds. The summed E-state index contributed by atoms with van der Waals surface area (Å²) in [6.07, 6.45) is 1.56. The summed E-state index contributed by atoms with van der Waals surface area (Å²) in [6.45, 7) is 2.59. The Morgan fingerprint density at radius 2 is 1.89 bits per heavy atom. The minimum absolute atomic E-state index is 0.179. The standard InChI is InChI=1S/C18H17FN6OS/c19-14-5-3-13(4-6-14)15-12-27-18(21-15)25-10-8-24(9-11-25)17(26)22-16-2-1-7-20-23-16/h1-7,12H,8-11H2,(H,22,23,26). The number of carbonyl (C=O) groups is 1. The molecule has 27 heavy (non-hydrogen) atoms. The third-order valence-corrected chi connectivity index (χ3v) is 5.18. The van der Waals surface area contributed by atoms with Crippen molar-refractivity contribution in [2.45, 2.75) is 0 Å². The van der Waals surface area contributed by atoms with Gasteiger partial charge in [-0.2, -0.15) is 5.10 Å². The summed E-state index contributed by atoms with van der Waals surface area (Å²) < 4.78 is 13.1. The molecule has 138 valence electrons. The van der Waals surface area contributed by atoms with E-state index in [0.29, 0.717) is 32.0 Å². The molecule has 4 rings (SSSR count). The molecule has 7 nitrogen and oxygen atoms in total. The number of nitrogens with zero attached hydrogens (tertiary/aromatic N) is 5. The van der Waals surface area contributed by atoms with Crippen molar-refractivity contribution in [2.24, 2.45) is 0 Å². The quantitative estimate of drug-likeness (QED) is 0.751. The van der Waals surface area contributed by atoms with E-state index in [1.54, 1.807) is 46.7 Å². The van der Waals surface area contributed by atoms with Gasteiger partial charge in [0.15, 0.2) is 10.9 Å². The largest absolute Gasteiger partial charge is 0.345 e. The van der Waals surface area contributed by atoms with E-state index < -0.39 is 0 Å². The number of aromatic nitrogens is 3. The lowest BCUT2D eigenvalue weighted by atomic mass is 10.2. The summed E-state index contributed by atoms with van der Waals surface area (Å²) in [7, 11) is 0. The van der Waals surface area contributed by atoms with Crippen LogP contribution in [0.1, 0.15) is 0 Å². The number of thiazole rings is 1. The first-order chi connectivity index (χ1) is 13.2. The fourth-order valence-corrected chi connectivity index (χ4v) is 3.71. The van der Waals surface area contributed by atoms with E-state index in [4.69, 9.17) is 0 Å². The van der Waals surface area contributed by atoms with Crippen LogP contribution in [0.25, 0.3) is 11.3 Å². The SMILES string of the molecule is O=C(Nc1cccnn1)N1CCN(c2nc(-c3ccc(F)cc3)cs2)CC1. The highest BCUT2D eigenvalue weighted by molar-refractivity contribution is 7.14. The van der Waals surface area contributed by atoms with Crippen LogP contribution in [0, 0.1) is 5.82 Å². The summed E-state index contributed by atoms with van der Waals surface area (Å²) in [5, 5.41) is 13.2. The average Bonchev–Trinajstić information content (AvgIpc) is 3.20. The van der Waals surface area contributed by atoms with E-state index >= 15 is 0 Å². The highest BCUT2D eigenvalue weighted by Crippen LogP contribution is 2.28. The predicted octanol–water partition coefficient (Wildman–Crippen LogP) is 3.09. The van der Waals surface area contributed by atoms with Crippen LogP contribution >= 0.6 is 11.3 Å². The molecule has 0 atom stereocenters. The van der Waals surface area contributed by atoms with Crippen LogP contribution in [0.4, 0.5) is 20.1 Å². The average molecular weight is 384 g/mol. The molecule has 1 fully saturated rings. The molecule has 0 spiro atoms. The third kappa shape index (κ3) is 4.03. The van der Waals surface area contributed by atoms with E-state index in [0.717, 1.165) is 16.4 Å². The zero-order valence-corrected chi connectivity index (χ0v) is 15.2. The molecule has 2 aromatic heterocycles. The Kier molecular flexibility index (Phi) is 4.93. The third-order valence-electron chi connectivity index (χ3n) is 4.28. The molecule has 0 bridgehead atoms. The molecule has 3 aromatic rings. The lowest BCUT2D eigenvalue weighted by Crippen LogP contribution is -2.50. The number of benzene rings is 1. The maximum absolute atomic E-state index is 13.1. The predicted molar refractivity (Wildman–Crippen MR) is 102 cm³/mol. The second-order valence-electron chi connectivity index (χ2n) is 6.04. The maximum Gasteiger partial charge on any atom is 0.323 e. The molecule has 0 radical (unpaired) electrons. The molecule has 1 aromatic carbocycles. The number of halogens is 1. The Morgan fingerprint density at radius 1 is 1.11 bits per heavy atom. The van der Waals surface area contributed by atoms with Crippen molar-refractivity contribution in [3.05, 3.63) is 53.8 Å². The summed E-state index contributed by atoms with van der Waals surface area (Å²) in [5.74, 6) is 0.180. The Labute approximate surface area is 159 Å². The lowest BCUT2D eigenvalue weighted by Gasteiger charge is -2.34. The van der Waals surface area contributed by atoms with Crippen molar-refractivity contribution in [1.82, 2.24) is 20.1 Å². The number of piperazine rings is 1. The fourth-order valence-electron chi connectivity index (χ4n) is 2.82. The lowest BCUT2D eigenvalue weighted by molar-refractivity contribution is 0.208. The van der Waals surface area contributed by atoms with Crippen molar-refractivity contribution in [3.63, 3.8) is 0 Å². The first-order valence-corrected chi connectivity index (χ1v) is 9.37. The molecule has 9 heteroatoms. The smallest absolute Gasteiger partial charge is 0.323 e. The number of rotatable bonds is 3. The van der Waals surface area contributed by atoms with Crippen LogP contribution < -0.4 is 10.2 Å². The monoisotopic (exact) mass is 384 g/mol. The van der Waals surface area contributed by atoms with E-state index in [2.05, 4.69) is 25.4 Å². The number of nitrogens with one attached hydrogen (secondary N) is 1. The van der Waals surface area contributed by atoms with Crippen molar-refractivity contribution in [3.8, 4) is 11.3 Å². The molecule has 1 saturated heterocycles. The molecule has 1 aliphatic rings. The second-order valence-corrected chi connectivity index (χ2v) is 6.87. The van der Waals surface area contributed by atoms with Gasteiger partial charge in [-0.15, -0.1) is 16.4 Å². The number of anilines is 2. The number of hydrogen-bond donors (Lipinski definition) is 1. The van der Waals surface area contributed by atoms with Gasteiger partial charge < -0.3 is 9.80 Å². The zero-order chi connectivity index (χ0) is 18.6. The molecule has 3 heterocycles. The van der Waals surface area contributed by atoms with Crippen molar-refractivity contribution in [2.75, 3.05) is 36.4 Å². The second kappa shape index (κ2) is 7.67. The first kappa shape index (κ1) is 17.3. The van der Waals surface area contributed by atoms with Gasteiger partial charge in [0.2, 0.25) is 0 Å². The van der Waals surface area contributed by atoms with Crippen LogP contribution in [0.2, 0.25) is 0 Å². The summed E-state index contributed by atoms with van der Waals surface area (Å²) in [6, 6.07) is 9.56. The van der Waals surface area contributed by atoms with Crippen LogP contribution in [-0.4, -0.2) is 52.3 Å². The molecule has 1 N–H and O–H groups in total. The number of hydrogen-bond acceptors (Lipinski definition) is 6. The van der Waals surface area contributed by atoms with E-state index in [-0.39, 0.29) is 11.8 Å². The highest BCUT2D eigenvalue weighted by Gasteiger charge is 2.23. The Hall–Kier alpha value is -3.07. The fraction of sp³-hybridized carbons (Fsp3) is 0.222. The molecule has 0 aliphatic carbocycles. The Balaban J connectivity index is 1.35. The van der Waals surface area contributed by atoms with Gasteiger partial charge in [-0.25, -0.2) is 14.2 Å². The van der Waals surface area contributed by atoms with Crippen molar-refractivity contribution < 1.29 is 9.18 Å². The number of amides is 2. The summed E-state index contributed by atoms with van der Waals surface area (Å²) in [4.78, 5) is 20.9. The topological polar surface area (TPSA) is 74.2 Å². The molecule has 0 saturated carbocycles.